The predicted octanol–water partition coefficient (Wildman–Crippen LogP) is 3.64. The SMILES string of the molecule is O=C(CNC(=O)OCc1ccccc1)Nc1ccc2ccccc2c1C(=O)[C@@H]1CCCN1. The van der Waals surface area contributed by atoms with Crippen LogP contribution in [0.25, 0.3) is 10.8 Å². The minimum absolute atomic E-state index is 0.0372. The maximum absolute atomic E-state index is 13.2. The van der Waals surface area contributed by atoms with Crippen LogP contribution in [0.2, 0.25) is 0 Å². The van der Waals surface area contributed by atoms with Crippen LogP contribution in [0.1, 0.15) is 28.8 Å². The smallest absolute Gasteiger partial charge is 0.407 e. The summed E-state index contributed by atoms with van der Waals surface area (Å²) in [5.41, 5.74) is 1.78. The first-order chi connectivity index (χ1) is 15.6. The molecule has 0 saturated carbocycles. The largest absolute Gasteiger partial charge is 0.445 e. The highest BCUT2D eigenvalue weighted by atomic mass is 16.5. The highest BCUT2D eigenvalue weighted by Gasteiger charge is 2.27. The minimum atomic E-state index is -0.686. The molecule has 0 bridgehead atoms. The van der Waals surface area contributed by atoms with E-state index in [0.29, 0.717) is 11.3 Å². The van der Waals surface area contributed by atoms with E-state index in [9.17, 15) is 14.4 Å². The number of amides is 2. The molecule has 0 spiro atoms. The monoisotopic (exact) mass is 431 g/mol. The maximum Gasteiger partial charge on any atom is 0.407 e. The van der Waals surface area contributed by atoms with E-state index in [1.807, 2.05) is 60.7 Å². The van der Waals surface area contributed by atoms with E-state index in [1.165, 1.54) is 0 Å². The van der Waals surface area contributed by atoms with Crippen LogP contribution in [0, 0.1) is 0 Å². The standard InChI is InChI=1S/C25H25N3O4/c29-22(15-27-25(31)32-16-17-7-2-1-3-8-17)28-20-13-12-18-9-4-5-10-19(18)23(20)24(30)21-11-6-14-26-21/h1-5,7-10,12-13,21,26H,6,11,14-16H2,(H,27,31)(H,28,29)/t21-/m0/s1. The van der Waals surface area contributed by atoms with Gasteiger partial charge in [-0.25, -0.2) is 4.79 Å². The Labute approximate surface area is 186 Å². The molecule has 1 aliphatic heterocycles. The summed E-state index contributed by atoms with van der Waals surface area (Å²) in [6.45, 7) is 0.652. The Morgan fingerprint density at radius 1 is 0.969 bits per heavy atom. The second-order valence-electron chi connectivity index (χ2n) is 7.69. The third kappa shape index (κ3) is 5.12. The summed E-state index contributed by atoms with van der Waals surface area (Å²) in [6.07, 6.45) is 1.02. The Hall–Kier alpha value is -3.71. The Morgan fingerprint density at radius 2 is 1.75 bits per heavy atom. The molecule has 0 aromatic heterocycles. The number of carbonyl (C=O) groups excluding carboxylic acids is 3. The number of ketones is 1. The van der Waals surface area contributed by atoms with Gasteiger partial charge in [0.2, 0.25) is 5.91 Å². The van der Waals surface area contributed by atoms with Crippen molar-refractivity contribution in [2.24, 2.45) is 0 Å². The first-order valence-corrected chi connectivity index (χ1v) is 10.7. The second kappa shape index (κ2) is 10.1. The number of anilines is 1. The molecule has 1 fully saturated rings. The van der Waals surface area contributed by atoms with Crippen LogP contribution in [-0.2, 0) is 16.1 Å². The van der Waals surface area contributed by atoms with Gasteiger partial charge in [0.25, 0.3) is 0 Å². The zero-order valence-corrected chi connectivity index (χ0v) is 17.6. The molecule has 3 N–H and O–H groups in total. The third-order valence-electron chi connectivity index (χ3n) is 5.43. The van der Waals surface area contributed by atoms with Crippen molar-refractivity contribution in [3.8, 4) is 0 Å². The van der Waals surface area contributed by atoms with E-state index in [4.69, 9.17) is 4.74 Å². The van der Waals surface area contributed by atoms with Crippen molar-refractivity contribution >= 4 is 34.2 Å². The van der Waals surface area contributed by atoms with Gasteiger partial charge in [-0.1, -0.05) is 60.7 Å². The quantitative estimate of drug-likeness (QED) is 0.497. The van der Waals surface area contributed by atoms with Crippen molar-refractivity contribution in [2.75, 3.05) is 18.4 Å². The fourth-order valence-electron chi connectivity index (χ4n) is 3.84. The molecule has 0 aliphatic carbocycles. The van der Waals surface area contributed by atoms with Crippen LogP contribution >= 0.6 is 0 Å². The lowest BCUT2D eigenvalue weighted by atomic mass is 9.95. The normalized spacial score (nSPS) is 15.3. The van der Waals surface area contributed by atoms with Gasteiger partial charge in [0.1, 0.15) is 13.2 Å². The van der Waals surface area contributed by atoms with Gasteiger partial charge in [0.15, 0.2) is 5.78 Å². The molecule has 3 aromatic carbocycles. The number of carbonyl (C=O) groups is 3. The molecule has 7 heteroatoms. The number of hydrogen-bond acceptors (Lipinski definition) is 5. The number of rotatable bonds is 7. The fraction of sp³-hybridized carbons (Fsp3) is 0.240. The molecule has 3 aromatic rings. The number of nitrogens with one attached hydrogen (secondary N) is 3. The van der Waals surface area contributed by atoms with Crippen LogP contribution in [0.5, 0.6) is 0 Å². The van der Waals surface area contributed by atoms with Gasteiger partial charge in [-0.15, -0.1) is 0 Å². The van der Waals surface area contributed by atoms with Gasteiger partial charge in [-0.05, 0) is 41.8 Å². The number of fused-ring (bicyclic) bond motifs is 1. The molecule has 0 unspecified atom stereocenters. The van der Waals surface area contributed by atoms with Crippen molar-refractivity contribution in [1.82, 2.24) is 10.6 Å². The van der Waals surface area contributed by atoms with Gasteiger partial charge < -0.3 is 20.7 Å². The first kappa shape index (κ1) is 21.5. The van der Waals surface area contributed by atoms with Gasteiger partial charge in [-0.2, -0.15) is 0 Å². The molecule has 0 radical (unpaired) electrons. The van der Waals surface area contributed by atoms with Gasteiger partial charge in [0, 0.05) is 0 Å². The summed E-state index contributed by atoms with van der Waals surface area (Å²) in [6, 6.07) is 20.2. The third-order valence-corrected chi connectivity index (χ3v) is 5.43. The Kier molecular flexibility index (Phi) is 6.77. The average molecular weight is 431 g/mol. The van der Waals surface area contributed by atoms with E-state index in [1.54, 1.807) is 6.07 Å². The zero-order chi connectivity index (χ0) is 22.3. The average Bonchev–Trinajstić information content (AvgIpc) is 3.37. The van der Waals surface area contributed by atoms with Crippen LogP contribution in [0.15, 0.2) is 66.7 Å². The van der Waals surface area contributed by atoms with Crippen molar-refractivity contribution in [1.29, 1.82) is 0 Å². The minimum Gasteiger partial charge on any atom is -0.445 e. The van der Waals surface area contributed by atoms with Gasteiger partial charge in [-0.3, -0.25) is 9.59 Å². The molecule has 1 aliphatic rings. The fourth-order valence-corrected chi connectivity index (χ4v) is 3.84. The topological polar surface area (TPSA) is 96.5 Å². The predicted molar refractivity (Wildman–Crippen MR) is 123 cm³/mol. The Morgan fingerprint density at radius 3 is 2.53 bits per heavy atom. The maximum atomic E-state index is 13.2. The van der Waals surface area contributed by atoms with E-state index >= 15 is 0 Å². The molecule has 32 heavy (non-hydrogen) atoms. The summed E-state index contributed by atoms with van der Waals surface area (Å²) in [5, 5.41) is 10.2. The molecule has 1 heterocycles. The van der Waals surface area contributed by atoms with Crippen molar-refractivity contribution in [2.45, 2.75) is 25.5 Å². The molecule has 7 nitrogen and oxygen atoms in total. The van der Waals surface area contributed by atoms with Crippen molar-refractivity contribution < 1.29 is 19.1 Å². The summed E-state index contributed by atoms with van der Waals surface area (Å²) in [5.74, 6) is -0.477. The summed E-state index contributed by atoms with van der Waals surface area (Å²) in [7, 11) is 0. The van der Waals surface area contributed by atoms with Crippen molar-refractivity contribution in [3.05, 3.63) is 77.9 Å². The zero-order valence-electron chi connectivity index (χ0n) is 17.6. The lowest BCUT2D eigenvalue weighted by Gasteiger charge is -2.17. The number of hydrogen-bond donors (Lipinski definition) is 3. The van der Waals surface area contributed by atoms with E-state index in [-0.39, 0.29) is 25.0 Å². The lowest BCUT2D eigenvalue weighted by Crippen LogP contribution is -2.34. The Balaban J connectivity index is 1.42. The summed E-state index contributed by atoms with van der Waals surface area (Å²) in [4.78, 5) is 37.7. The van der Waals surface area contributed by atoms with E-state index in [0.717, 1.165) is 35.7 Å². The number of ether oxygens (including phenoxy) is 1. The highest BCUT2D eigenvalue weighted by Crippen LogP contribution is 2.29. The van der Waals surface area contributed by atoms with Gasteiger partial charge >= 0.3 is 6.09 Å². The number of Topliss-reactive ketones (excluding diaryl/α,β-unsaturated/α-hetero) is 1. The van der Waals surface area contributed by atoms with E-state index in [2.05, 4.69) is 16.0 Å². The molecule has 1 saturated heterocycles. The molecule has 1 atom stereocenters. The number of benzene rings is 3. The second-order valence-corrected chi connectivity index (χ2v) is 7.69. The summed E-state index contributed by atoms with van der Waals surface area (Å²) >= 11 is 0. The molecule has 4 rings (SSSR count). The van der Waals surface area contributed by atoms with Crippen LogP contribution in [0.4, 0.5) is 10.5 Å². The summed E-state index contributed by atoms with van der Waals surface area (Å²) < 4.78 is 5.12. The molecule has 164 valence electrons. The molecule has 2 amide bonds. The van der Waals surface area contributed by atoms with Crippen LogP contribution in [0.3, 0.4) is 0 Å². The number of alkyl carbamates (subject to hydrolysis) is 1. The first-order valence-electron chi connectivity index (χ1n) is 10.7. The van der Waals surface area contributed by atoms with Gasteiger partial charge in [0.05, 0.1) is 17.3 Å². The van der Waals surface area contributed by atoms with Crippen LogP contribution < -0.4 is 16.0 Å². The van der Waals surface area contributed by atoms with Crippen molar-refractivity contribution in [3.63, 3.8) is 0 Å². The highest BCUT2D eigenvalue weighted by molar-refractivity contribution is 6.16. The van der Waals surface area contributed by atoms with Crippen LogP contribution in [-0.4, -0.2) is 36.9 Å². The molecular weight excluding hydrogens is 406 g/mol. The Bertz CT molecular complexity index is 1120. The lowest BCUT2D eigenvalue weighted by molar-refractivity contribution is -0.115. The van der Waals surface area contributed by atoms with E-state index < -0.39 is 12.0 Å². The molecular formula is C25H25N3O4.